The van der Waals surface area contributed by atoms with Crippen LogP contribution < -0.4 is 0 Å². The van der Waals surface area contributed by atoms with Crippen LogP contribution in [-0.2, 0) is 4.74 Å². The van der Waals surface area contributed by atoms with Crippen LogP contribution >= 0.6 is 0 Å². The maximum absolute atomic E-state index is 6.45. The molecule has 2 aliphatic heterocycles. The Kier molecular flexibility index (Phi) is 1.11. The molecule has 2 saturated carbocycles. The molecule has 4 atom stereocenters. The lowest BCUT2D eigenvalue weighted by Gasteiger charge is -2.46. The summed E-state index contributed by atoms with van der Waals surface area (Å²) in [7, 11) is 0. The molecule has 2 spiro atoms. The zero-order valence-electron chi connectivity index (χ0n) is 8.22. The van der Waals surface area contributed by atoms with Crippen LogP contribution in [0.2, 0.25) is 0 Å². The Labute approximate surface area is 79.8 Å². The Balaban J connectivity index is 1.73. The summed E-state index contributed by atoms with van der Waals surface area (Å²) in [6, 6.07) is 0. The minimum atomic E-state index is 0.402. The van der Waals surface area contributed by atoms with Gasteiger partial charge in [0.1, 0.15) is 0 Å². The Morgan fingerprint density at radius 3 is 2.62 bits per heavy atom. The Bertz CT molecular complexity index is 262. The zero-order chi connectivity index (χ0) is 8.52. The Morgan fingerprint density at radius 1 is 0.846 bits per heavy atom. The first-order valence-corrected chi connectivity index (χ1v) is 6.03. The van der Waals surface area contributed by atoms with E-state index in [1.54, 1.807) is 0 Å². The molecule has 4 rings (SSSR count). The minimum Gasteiger partial charge on any atom is -0.368 e. The van der Waals surface area contributed by atoms with E-state index < -0.39 is 0 Å². The van der Waals surface area contributed by atoms with Crippen molar-refractivity contribution < 1.29 is 4.74 Å². The van der Waals surface area contributed by atoms with Crippen LogP contribution in [0.15, 0.2) is 0 Å². The Morgan fingerprint density at radius 2 is 1.69 bits per heavy atom. The van der Waals surface area contributed by atoms with Crippen LogP contribution in [0.4, 0.5) is 0 Å². The van der Waals surface area contributed by atoms with Crippen molar-refractivity contribution in [3.8, 4) is 0 Å². The van der Waals surface area contributed by atoms with E-state index in [2.05, 4.69) is 0 Å². The van der Waals surface area contributed by atoms with Gasteiger partial charge < -0.3 is 4.74 Å². The molecule has 1 heteroatoms. The molecule has 2 aliphatic carbocycles. The molecular weight excluding hydrogens is 160 g/mol. The largest absolute Gasteiger partial charge is 0.368 e. The lowest BCUT2D eigenvalue weighted by Crippen LogP contribution is -2.46. The van der Waals surface area contributed by atoms with E-state index in [1.807, 2.05) is 0 Å². The Hall–Kier alpha value is -0.0400. The van der Waals surface area contributed by atoms with Gasteiger partial charge in [-0.25, -0.2) is 0 Å². The third-order valence-electron chi connectivity index (χ3n) is 5.24. The van der Waals surface area contributed by atoms with Gasteiger partial charge in [0, 0.05) is 0 Å². The van der Waals surface area contributed by atoms with Crippen LogP contribution in [0.25, 0.3) is 0 Å². The van der Waals surface area contributed by atoms with Gasteiger partial charge in [-0.2, -0.15) is 0 Å². The molecule has 2 bridgehead atoms. The van der Waals surface area contributed by atoms with E-state index in [0.717, 1.165) is 11.8 Å². The predicted molar refractivity (Wildman–Crippen MR) is 50.5 cm³/mol. The molecule has 4 fully saturated rings. The summed E-state index contributed by atoms with van der Waals surface area (Å²) in [6.07, 6.45) is 11.4. The van der Waals surface area contributed by atoms with Crippen LogP contribution in [0.5, 0.6) is 0 Å². The summed E-state index contributed by atoms with van der Waals surface area (Å²) in [5.74, 6) is 1.93. The SMILES string of the molecule is C1CC[C@]23C[C@H]4C[C@@]4(CC[C@@H]2C1)O3. The number of hydrogen-bond acceptors (Lipinski definition) is 1. The molecule has 4 aliphatic rings. The highest BCUT2D eigenvalue weighted by Gasteiger charge is 2.70. The van der Waals surface area contributed by atoms with Crippen LogP contribution in [-0.4, -0.2) is 11.2 Å². The second-order valence-electron chi connectivity index (χ2n) is 5.82. The molecule has 0 N–H and O–H groups in total. The molecule has 2 heterocycles. The summed E-state index contributed by atoms with van der Waals surface area (Å²) < 4.78 is 6.45. The topological polar surface area (TPSA) is 9.23 Å². The number of hydrogen-bond donors (Lipinski definition) is 0. The molecule has 0 aromatic rings. The fourth-order valence-corrected chi connectivity index (χ4v) is 4.47. The highest BCUT2D eigenvalue weighted by molar-refractivity contribution is 5.19. The van der Waals surface area contributed by atoms with Crippen molar-refractivity contribution >= 4 is 0 Å². The summed E-state index contributed by atoms with van der Waals surface area (Å²) in [4.78, 5) is 0. The summed E-state index contributed by atoms with van der Waals surface area (Å²) in [6.45, 7) is 0. The van der Waals surface area contributed by atoms with E-state index in [9.17, 15) is 0 Å². The van der Waals surface area contributed by atoms with Gasteiger partial charge in [0.15, 0.2) is 0 Å². The normalized spacial score (nSPS) is 62.8. The lowest BCUT2D eigenvalue weighted by atomic mass is 9.71. The molecule has 72 valence electrons. The molecule has 0 radical (unpaired) electrons. The van der Waals surface area contributed by atoms with Gasteiger partial charge in [0.25, 0.3) is 0 Å². The third kappa shape index (κ3) is 0.743. The molecular formula is C12H18O. The lowest BCUT2D eigenvalue weighted by molar-refractivity contribution is -0.162. The monoisotopic (exact) mass is 178 g/mol. The van der Waals surface area contributed by atoms with Crippen molar-refractivity contribution in [2.24, 2.45) is 11.8 Å². The third-order valence-corrected chi connectivity index (χ3v) is 5.24. The average Bonchev–Trinajstić information content (AvgIpc) is 2.70. The average molecular weight is 178 g/mol. The maximum Gasteiger partial charge on any atom is 0.0724 e. The van der Waals surface area contributed by atoms with Crippen molar-refractivity contribution in [1.29, 1.82) is 0 Å². The van der Waals surface area contributed by atoms with Crippen molar-refractivity contribution in [3.63, 3.8) is 0 Å². The minimum absolute atomic E-state index is 0.402. The predicted octanol–water partition coefficient (Wildman–Crippen LogP) is 2.89. The van der Waals surface area contributed by atoms with Gasteiger partial charge in [-0.3, -0.25) is 0 Å². The van der Waals surface area contributed by atoms with Crippen LogP contribution in [0.3, 0.4) is 0 Å². The molecule has 13 heavy (non-hydrogen) atoms. The van der Waals surface area contributed by atoms with Crippen molar-refractivity contribution in [2.75, 3.05) is 0 Å². The molecule has 1 nitrogen and oxygen atoms in total. The number of ether oxygens (including phenoxy) is 1. The first-order valence-electron chi connectivity index (χ1n) is 6.03. The van der Waals surface area contributed by atoms with Gasteiger partial charge >= 0.3 is 0 Å². The second-order valence-corrected chi connectivity index (χ2v) is 5.82. The summed E-state index contributed by atoms with van der Waals surface area (Å²) in [5, 5.41) is 0. The molecule has 0 unspecified atom stereocenters. The second kappa shape index (κ2) is 1.98. The highest BCUT2D eigenvalue weighted by Crippen LogP contribution is 2.69. The van der Waals surface area contributed by atoms with E-state index in [1.165, 1.54) is 51.4 Å². The van der Waals surface area contributed by atoms with Gasteiger partial charge in [-0.15, -0.1) is 0 Å². The van der Waals surface area contributed by atoms with Crippen molar-refractivity contribution in [1.82, 2.24) is 0 Å². The van der Waals surface area contributed by atoms with E-state index in [-0.39, 0.29) is 0 Å². The molecule has 0 aromatic carbocycles. The van der Waals surface area contributed by atoms with Gasteiger partial charge in [-0.05, 0) is 50.4 Å². The molecule has 2 saturated heterocycles. The summed E-state index contributed by atoms with van der Waals surface area (Å²) in [5.41, 5.74) is 0.841. The van der Waals surface area contributed by atoms with Crippen molar-refractivity contribution in [2.45, 2.75) is 62.6 Å². The van der Waals surface area contributed by atoms with E-state index in [0.29, 0.717) is 11.2 Å². The standard InChI is InChI=1S/C12H18O/c1-2-5-11-7-10-8-12(10,13-11)6-4-9(11)3-1/h9-10H,1-8H2/t9-,10-,11-,12+/m0/s1. The quantitative estimate of drug-likeness (QED) is 0.554. The van der Waals surface area contributed by atoms with E-state index in [4.69, 9.17) is 4.74 Å². The molecule has 0 aromatic heterocycles. The van der Waals surface area contributed by atoms with Crippen LogP contribution in [0.1, 0.15) is 51.4 Å². The number of rotatable bonds is 0. The smallest absolute Gasteiger partial charge is 0.0724 e. The first-order chi connectivity index (χ1) is 6.33. The summed E-state index contributed by atoms with van der Waals surface area (Å²) >= 11 is 0. The maximum atomic E-state index is 6.45. The van der Waals surface area contributed by atoms with E-state index >= 15 is 0 Å². The molecule has 0 amide bonds. The fourth-order valence-electron chi connectivity index (χ4n) is 4.47. The first kappa shape index (κ1) is 7.28. The van der Waals surface area contributed by atoms with Gasteiger partial charge in [0.2, 0.25) is 0 Å². The zero-order valence-corrected chi connectivity index (χ0v) is 8.22. The fraction of sp³-hybridized carbons (Fsp3) is 1.00. The van der Waals surface area contributed by atoms with Gasteiger partial charge in [-0.1, -0.05) is 12.8 Å². The van der Waals surface area contributed by atoms with Crippen LogP contribution in [0, 0.1) is 11.8 Å². The van der Waals surface area contributed by atoms with Crippen molar-refractivity contribution in [3.05, 3.63) is 0 Å². The highest BCUT2D eigenvalue weighted by atomic mass is 16.5. The van der Waals surface area contributed by atoms with Gasteiger partial charge in [0.05, 0.1) is 11.2 Å².